The van der Waals surface area contributed by atoms with Crippen LogP contribution in [0.4, 0.5) is 0 Å². The fourth-order valence-electron chi connectivity index (χ4n) is 1.69. The lowest BCUT2D eigenvalue weighted by atomic mass is 10.1. The van der Waals surface area contributed by atoms with Gasteiger partial charge in [-0.05, 0) is 25.5 Å². The molecule has 0 aromatic carbocycles. The van der Waals surface area contributed by atoms with Gasteiger partial charge in [0.15, 0.2) is 0 Å². The summed E-state index contributed by atoms with van der Waals surface area (Å²) >= 11 is 1.79. The number of ether oxygens (including phenoxy) is 1. The molecule has 1 aromatic heterocycles. The third-order valence-corrected chi connectivity index (χ3v) is 3.81. The molecule has 1 saturated carbocycles. The fourth-order valence-corrected chi connectivity index (χ4v) is 2.67. The van der Waals surface area contributed by atoms with Crippen LogP contribution in [-0.2, 0) is 0 Å². The first-order valence-corrected chi connectivity index (χ1v) is 6.01. The number of thiophene rings is 1. The van der Waals surface area contributed by atoms with Crippen molar-refractivity contribution >= 4 is 11.3 Å². The van der Waals surface area contributed by atoms with Gasteiger partial charge in [-0.1, -0.05) is 12.8 Å². The largest absolute Gasteiger partial charge is 0.496 e. The third-order valence-electron chi connectivity index (χ3n) is 2.79. The van der Waals surface area contributed by atoms with E-state index in [1.807, 2.05) is 7.05 Å². The molecule has 14 heavy (non-hydrogen) atoms. The molecule has 1 fully saturated rings. The maximum Gasteiger partial charge on any atom is 0.129 e. The van der Waals surface area contributed by atoms with Gasteiger partial charge in [0.1, 0.15) is 5.75 Å². The second-order valence-corrected chi connectivity index (χ2v) is 4.85. The number of rotatable bonds is 5. The summed E-state index contributed by atoms with van der Waals surface area (Å²) in [5.74, 6) is 1.95. The molecular formula is C11H17NOS. The first kappa shape index (κ1) is 9.99. The maximum atomic E-state index is 5.19. The van der Waals surface area contributed by atoms with Gasteiger partial charge in [0.2, 0.25) is 0 Å². The molecule has 2 rings (SSSR count). The smallest absolute Gasteiger partial charge is 0.129 e. The van der Waals surface area contributed by atoms with Gasteiger partial charge in [-0.15, -0.1) is 11.3 Å². The molecule has 3 heteroatoms. The molecule has 0 aliphatic heterocycles. The third kappa shape index (κ3) is 2.28. The van der Waals surface area contributed by atoms with Gasteiger partial charge in [0.05, 0.1) is 7.11 Å². The van der Waals surface area contributed by atoms with Gasteiger partial charge in [-0.2, -0.15) is 0 Å². The second-order valence-electron chi connectivity index (χ2n) is 3.91. The average Bonchev–Trinajstić information content (AvgIpc) is 2.90. The second kappa shape index (κ2) is 4.32. The Kier molecular flexibility index (Phi) is 3.08. The number of methoxy groups -OCH3 is 1. The Morgan fingerprint density at radius 2 is 2.43 bits per heavy atom. The summed E-state index contributed by atoms with van der Waals surface area (Å²) in [6.45, 7) is 0. The Labute approximate surface area is 89.3 Å². The van der Waals surface area contributed by atoms with Crippen molar-refractivity contribution in [2.75, 3.05) is 14.2 Å². The van der Waals surface area contributed by atoms with Crippen molar-refractivity contribution in [1.29, 1.82) is 0 Å². The van der Waals surface area contributed by atoms with Crippen molar-refractivity contribution < 1.29 is 4.74 Å². The summed E-state index contributed by atoms with van der Waals surface area (Å²) in [7, 11) is 3.76. The molecule has 0 amide bonds. The minimum Gasteiger partial charge on any atom is -0.496 e. The van der Waals surface area contributed by atoms with Crippen molar-refractivity contribution in [2.45, 2.75) is 25.3 Å². The summed E-state index contributed by atoms with van der Waals surface area (Å²) in [6.07, 6.45) is 4.11. The lowest BCUT2D eigenvalue weighted by Crippen LogP contribution is -2.15. The quantitative estimate of drug-likeness (QED) is 0.808. The lowest BCUT2D eigenvalue weighted by molar-refractivity contribution is 0.415. The summed E-state index contributed by atoms with van der Waals surface area (Å²) < 4.78 is 5.19. The van der Waals surface area contributed by atoms with Crippen LogP contribution in [0.1, 0.15) is 30.2 Å². The van der Waals surface area contributed by atoms with Crippen molar-refractivity contribution in [3.63, 3.8) is 0 Å². The van der Waals surface area contributed by atoms with E-state index in [9.17, 15) is 0 Å². The predicted octanol–water partition coefficient (Wildman–Crippen LogP) is 2.82. The molecule has 1 N–H and O–H groups in total. The van der Waals surface area contributed by atoms with Gasteiger partial charge in [0.25, 0.3) is 0 Å². The molecule has 1 unspecified atom stereocenters. The predicted molar refractivity (Wildman–Crippen MR) is 60.0 cm³/mol. The highest BCUT2D eigenvalue weighted by Crippen LogP contribution is 2.39. The van der Waals surface area contributed by atoms with Gasteiger partial charge in [-0.3, -0.25) is 0 Å². The molecule has 0 bridgehead atoms. The van der Waals surface area contributed by atoms with Gasteiger partial charge in [-0.25, -0.2) is 0 Å². The van der Waals surface area contributed by atoms with E-state index < -0.39 is 0 Å². The average molecular weight is 211 g/mol. The fraction of sp³-hybridized carbons (Fsp3) is 0.636. The zero-order valence-electron chi connectivity index (χ0n) is 8.75. The summed E-state index contributed by atoms with van der Waals surface area (Å²) in [5, 5.41) is 5.46. The molecule has 0 spiro atoms. The molecular weight excluding hydrogens is 194 g/mol. The van der Waals surface area contributed by atoms with E-state index in [1.165, 1.54) is 24.1 Å². The maximum absolute atomic E-state index is 5.19. The summed E-state index contributed by atoms with van der Waals surface area (Å²) in [4.78, 5) is 1.40. The Morgan fingerprint density at radius 1 is 1.64 bits per heavy atom. The molecule has 1 aromatic rings. The van der Waals surface area contributed by atoms with Crippen LogP contribution in [0.3, 0.4) is 0 Å². The van der Waals surface area contributed by atoms with Crippen LogP contribution in [0, 0.1) is 5.92 Å². The van der Waals surface area contributed by atoms with Crippen LogP contribution in [-0.4, -0.2) is 14.2 Å². The minimum absolute atomic E-state index is 0.524. The van der Waals surface area contributed by atoms with E-state index in [4.69, 9.17) is 4.74 Å². The molecule has 0 radical (unpaired) electrons. The highest BCUT2D eigenvalue weighted by molar-refractivity contribution is 7.10. The SMILES string of the molecule is CNC(CC1CC1)c1cc(OC)cs1. The van der Waals surface area contributed by atoms with Gasteiger partial charge >= 0.3 is 0 Å². The monoisotopic (exact) mass is 211 g/mol. The van der Waals surface area contributed by atoms with E-state index in [1.54, 1.807) is 18.4 Å². The first-order chi connectivity index (χ1) is 6.83. The normalized spacial score (nSPS) is 18.1. The molecule has 1 aliphatic carbocycles. The van der Waals surface area contributed by atoms with Crippen LogP contribution >= 0.6 is 11.3 Å². The Balaban J connectivity index is 2.01. The Bertz CT molecular complexity index is 293. The van der Waals surface area contributed by atoms with E-state index in [-0.39, 0.29) is 0 Å². The van der Waals surface area contributed by atoms with Crippen molar-refractivity contribution in [1.82, 2.24) is 5.32 Å². The van der Waals surface area contributed by atoms with E-state index in [0.29, 0.717) is 6.04 Å². The molecule has 0 saturated heterocycles. The Morgan fingerprint density at radius 3 is 2.93 bits per heavy atom. The van der Waals surface area contributed by atoms with Crippen LogP contribution < -0.4 is 10.1 Å². The minimum atomic E-state index is 0.524. The lowest BCUT2D eigenvalue weighted by Gasteiger charge is -2.13. The number of nitrogens with one attached hydrogen (secondary N) is 1. The topological polar surface area (TPSA) is 21.3 Å². The van der Waals surface area contributed by atoms with Gasteiger partial charge < -0.3 is 10.1 Å². The van der Waals surface area contributed by atoms with E-state index in [2.05, 4.69) is 16.8 Å². The van der Waals surface area contributed by atoms with Crippen molar-refractivity contribution in [3.05, 3.63) is 16.3 Å². The number of hydrogen-bond donors (Lipinski definition) is 1. The molecule has 1 atom stereocenters. The highest BCUT2D eigenvalue weighted by Gasteiger charge is 2.26. The van der Waals surface area contributed by atoms with Crippen LogP contribution in [0.25, 0.3) is 0 Å². The Hall–Kier alpha value is -0.540. The van der Waals surface area contributed by atoms with Crippen molar-refractivity contribution in [2.24, 2.45) is 5.92 Å². The van der Waals surface area contributed by atoms with E-state index in [0.717, 1.165) is 11.7 Å². The zero-order chi connectivity index (χ0) is 9.97. The summed E-state index contributed by atoms with van der Waals surface area (Å²) in [5.41, 5.74) is 0. The molecule has 1 aliphatic rings. The van der Waals surface area contributed by atoms with Gasteiger partial charge in [0, 0.05) is 16.3 Å². The zero-order valence-corrected chi connectivity index (χ0v) is 9.56. The standard InChI is InChI=1S/C11H17NOS/c1-12-10(5-8-3-4-8)11-6-9(13-2)7-14-11/h6-8,10,12H,3-5H2,1-2H3. The first-order valence-electron chi connectivity index (χ1n) is 5.13. The molecule has 1 heterocycles. The van der Waals surface area contributed by atoms with Crippen LogP contribution in [0.15, 0.2) is 11.4 Å². The van der Waals surface area contributed by atoms with E-state index >= 15 is 0 Å². The molecule has 2 nitrogen and oxygen atoms in total. The van der Waals surface area contributed by atoms with Crippen LogP contribution in [0.5, 0.6) is 5.75 Å². The molecule has 78 valence electrons. The van der Waals surface area contributed by atoms with Crippen LogP contribution in [0.2, 0.25) is 0 Å². The number of hydrogen-bond acceptors (Lipinski definition) is 3. The summed E-state index contributed by atoms with van der Waals surface area (Å²) in [6, 6.07) is 2.67. The highest BCUT2D eigenvalue weighted by atomic mass is 32.1. The van der Waals surface area contributed by atoms with Crippen molar-refractivity contribution in [3.8, 4) is 5.75 Å².